The third-order valence-electron chi connectivity index (χ3n) is 5.24. The Balaban J connectivity index is 1.62. The molecule has 1 aliphatic heterocycles. The second-order valence-electron chi connectivity index (χ2n) is 7.27. The van der Waals surface area contributed by atoms with E-state index in [-0.39, 0.29) is 24.3 Å². The van der Waals surface area contributed by atoms with E-state index >= 15 is 0 Å². The van der Waals surface area contributed by atoms with E-state index in [4.69, 9.17) is 4.98 Å². The first kappa shape index (κ1) is 20.8. The molecule has 1 aromatic heterocycles. The summed E-state index contributed by atoms with van der Waals surface area (Å²) in [5.41, 5.74) is 3.83. The van der Waals surface area contributed by atoms with Gasteiger partial charge in [0.2, 0.25) is 11.8 Å². The van der Waals surface area contributed by atoms with Gasteiger partial charge in [0.1, 0.15) is 0 Å². The zero-order valence-corrected chi connectivity index (χ0v) is 18.1. The molecule has 0 radical (unpaired) electrons. The van der Waals surface area contributed by atoms with Crippen molar-refractivity contribution in [3.8, 4) is 11.3 Å². The Morgan fingerprint density at radius 2 is 1.90 bits per heavy atom. The van der Waals surface area contributed by atoms with Crippen LogP contribution in [0.4, 0.5) is 5.13 Å². The number of nitrogens with zero attached hydrogens (tertiary/aromatic N) is 3. The van der Waals surface area contributed by atoms with E-state index in [1.165, 1.54) is 18.3 Å². The Hall–Kier alpha value is -3.51. The summed E-state index contributed by atoms with van der Waals surface area (Å²) >= 11 is 1.43. The number of aromatic nitrogens is 1. The van der Waals surface area contributed by atoms with E-state index in [2.05, 4.69) is 6.58 Å². The molecule has 0 N–H and O–H groups in total. The molecule has 31 heavy (non-hydrogen) atoms. The van der Waals surface area contributed by atoms with Crippen LogP contribution in [0.1, 0.15) is 30.5 Å². The minimum atomic E-state index is -0.355. The normalized spacial score (nSPS) is 14.7. The second kappa shape index (κ2) is 9.10. The quantitative estimate of drug-likeness (QED) is 0.500. The Labute approximate surface area is 186 Å². The van der Waals surface area contributed by atoms with Crippen molar-refractivity contribution >= 4 is 34.4 Å². The van der Waals surface area contributed by atoms with Crippen LogP contribution in [0, 0.1) is 0 Å². The van der Waals surface area contributed by atoms with Crippen LogP contribution in [0.2, 0.25) is 0 Å². The van der Waals surface area contributed by atoms with Crippen LogP contribution in [0.25, 0.3) is 17.3 Å². The topological polar surface area (TPSA) is 53.5 Å². The lowest BCUT2D eigenvalue weighted by Gasteiger charge is -2.33. The molecule has 0 bridgehead atoms. The maximum Gasteiger partial charge on any atom is 0.231 e. The lowest BCUT2D eigenvalue weighted by molar-refractivity contribution is -0.129. The number of amides is 2. The average molecular weight is 430 g/mol. The van der Waals surface area contributed by atoms with E-state index in [0.29, 0.717) is 11.7 Å². The molecule has 156 valence electrons. The molecule has 0 fully saturated rings. The van der Waals surface area contributed by atoms with Gasteiger partial charge in [-0.3, -0.25) is 14.5 Å². The number of thiazole rings is 1. The fourth-order valence-electron chi connectivity index (χ4n) is 3.73. The maximum absolute atomic E-state index is 13.4. The van der Waals surface area contributed by atoms with E-state index < -0.39 is 0 Å². The molecular formula is C25H23N3O2S. The number of hydrogen-bond acceptors (Lipinski definition) is 4. The van der Waals surface area contributed by atoms with Crippen LogP contribution >= 0.6 is 11.3 Å². The van der Waals surface area contributed by atoms with Gasteiger partial charge in [-0.15, -0.1) is 17.9 Å². The van der Waals surface area contributed by atoms with E-state index in [0.717, 1.165) is 22.4 Å². The summed E-state index contributed by atoms with van der Waals surface area (Å²) in [6, 6.07) is 17.4. The molecule has 0 aliphatic carbocycles. The van der Waals surface area contributed by atoms with Gasteiger partial charge in [-0.25, -0.2) is 4.98 Å². The first-order valence-electron chi connectivity index (χ1n) is 10.1. The number of rotatable bonds is 6. The smallest absolute Gasteiger partial charge is 0.231 e. The number of hydrogen-bond donors (Lipinski definition) is 0. The largest absolute Gasteiger partial charge is 0.311 e. The molecule has 6 heteroatoms. The second-order valence-corrected chi connectivity index (χ2v) is 8.10. The minimum absolute atomic E-state index is 0.0977. The molecule has 1 atom stereocenters. The van der Waals surface area contributed by atoms with Crippen molar-refractivity contribution in [2.45, 2.75) is 19.4 Å². The fourth-order valence-corrected chi connectivity index (χ4v) is 4.59. The molecule has 3 aromatic rings. The van der Waals surface area contributed by atoms with E-state index in [9.17, 15) is 9.59 Å². The summed E-state index contributed by atoms with van der Waals surface area (Å²) in [5.74, 6) is -0.199. The maximum atomic E-state index is 13.4. The Kier molecular flexibility index (Phi) is 6.09. The summed E-state index contributed by atoms with van der Waals surface area (Å²) in [6.07, 6.45) is 5.53. The number of anilines is 1. The van der Waals surface area contributed by atoms with Crippen molar-refractivity contribution < 1.29 is 9.59 Å². The number of fused-ring (bicyclic) bond motifs is 1. The summed E-state index contributed by atoms with van der Waals surface area (Å²) in [4.78, 5) is 33.6. The lowest BCUT2D eigenvalue weighted by atomic mass is 9.93. The predicted molar refractivity (Wildman–Crippen MR) is 125 cm³/mol. The highest BCUT2D eigenvalue weighted by Gasteiger charge is 2.30. The predicted octanol–water partition coefficient (Wildman–Crippen LogP) is 5.29. The molecule has 2 amide bonds. The Morgan fingerprint density at radius 3 is 2.65 bits per heavy atom. The highest BCUT2D eigenvalue weighted by Crippen LogP contribution is 2.34. The molecule has 5 nitrogen and oxygen atoms in total. The number of benzene rings is 2. The Morgan fingerprint density at radius 1 is 1.16 bits per heavy atom. The zero-order valence-electron chi connectivity index (χ0n) is 17.3. The van der Waals surface area contributed by atoms with Crippen molar-refractivity contribution in [2.24, 2.45) is 0 Å². The lowest BCUT2D eigenvalue weighted by Crippen LogP contribution is -2.37. The van der Waals surface area contributed by atoms with E-state index in [1.807, 2.05) is 66.1 Å². The molecule has 4 rings (SSSR count). The molecule has 2 heterocycles. The van der Waals surface area contributed by atoms with Gasteiger partial charge in [0.05, 0.1) is 18.2 Å². The van der Waals surface area contributed by atoms with Crippen molar-refractivity contribution in [1.29, 1.82) is 0 Å². The van der Waals surface area contributed by atoms with E-state index in [1.54, 1.807) is 22.1 Å². The van der Waals surface area contributed by atoms with Gasteiger partial charge in [0.25, 0.3) is 0 Å². The van der Waals surface area contributed by atoms with Crippen LogP contribution in [0.3, 0.4) is 0 Å². The number of carbonyl (C=O) groups excluding carboxylic acids is 2. The molecule has 0 saturated carbocycles. The van der Waals surface area contributed by atoms with Crippen molar-refractivity contribution in [1.82, 2.24) is 9.88 Å². The SMILES string of the molecule is C=CCN(C(=O)C[C@H]1c2ccccc2C=CN1C(C)=O)c1nc(-c2ccccc2)cs1. The molecule has 2 aromatic carbocycles. The fraction of sp³-hybridized carbons (Fsp3) is 0.160. The first-order chi connectivity index (χ1) is 15.1. The first-order valence-corrected chi connectivity index (χ1v) is 10.9. The van der Waals surface area contributed by atoms with Gasteiger partial charge in [-0.05, 0) is 17.2 Å². The summed E-state index contributed by atoms with van der Waals surface area (Å²) in [5, 5.41) is 2.58. The third-order valence-corrected chi connectivity index (χ3v) is 6.11. The van der Waals surface area contributed by atoms with Gasteiger partial charge in [-0.2, -0.15) is 0 Å². The van der Waals surface area contributed by atoms with Crippen LogP contribution in [-0.2, 0) is 9.59 Å². The zero-order chi connectivity index (χ0) is 21.8. The standard InChI is InChI=1S/C25H23N3O2S/c1-3-14-28(25-26-22(17-31-25)20-10-5-4-6-11-20)24(30)16-23-21-12-8-7-9-19(21)13-15-27(23)18(2)29/h3-13,15,17,23H,1,14,16H2,2H3/t23-/m0/s1. The molecule has 0 unspecified atom stereocenters. The Bertz CT molecular complexity index is 1140. The number of carbonyl (C=O) groups is 2. The summed E-state index contributed by atoms with van der Waals surface area (Å²) in [7, 11) is 0. The van der Waals surface area contributed by atoms with Gasteiger partial charge in [0, 0.05) is 30.6 Å². The van der Waals surface area contributed by atoms with Crippen LogP contribution in [0.15, 0.2) is 78.8 Å². The van der Waals surface area contributed by atoms with Crippen molar-refractivity contribution in [3.05, 3.63) is 90.0 Å². The van der Waals surface area contributed by atoms with Gasteiger partial charge in [-0.1, -0.05) is 60.7 Å². The molecular weight excluding hydrogens is 406 g/mol. The van der Waals surface area contributed by atoms with Crippen LogP contribution < -0.4 is 4.90 Å². The summed E-state index contributed by atoms with van der Waals surface area (Å²) in [6.45, 7) is 5.68. The third kappa shape index (κ3) is 4.34. The van der Waals surface area contributed by atoms with Gasteiger partial charge < -0.3 is 4.90 Å². The summed E-state index contributed by atoms with van der Waals surface area (Å²) < 4.78 is 0. The van der Waals surface area contributed by atoms with Crippen molar-refractivity contribution in [2.75, 3.05) is 11.4 Å². The molecule has 1 aliphatic rings. The highest BCUT2D eigenvalue weighted by molar-refractivity contribution is 7.14. The molecule has 0 spiro atoms. The van der Waals surface area contributed by atoms with Gasteiger partial charge in [0.15, 0.2) is 5.13 Å². The van der Waals surface area contributed by atoms with Crippen LogP contribution in [0.5, 0.6) is 0 Å². The highest BCUT2D eigenvalue weighted by atomic mass is 32.1. The van der Waals surface area contributed by atoms with Crippen LogP contribution in [-0.4, -0.2) is 28.2 Å². The monoisotopic (exact) mass is 429 g/mol. The minimum Gasteiger partial charge on any atom is -0.311 e. The van der Waals surface area contributed by atoms with Crippen molar-refractivity contribution in [3.63, 3.8) is 0 Å². The molecule has 0 saturated heterocycles. The average Bonchev–Trinajstić information content (AvgIpc) is 3.28. The van der Waals surface area contributed by atoms with Gasteiger partial charge >= 0.3 is 0 Å².